The molecule has 1 fully saturated rings. The summed E-state index contributed by atoms with van der Waals surface area (Å²) in [5.41, 5.74) is 0.185. The highest BCUT2D eigenvalue weighted by Gasteiger charge is 2.27. The Bertz CT molecular complexity index is 1160. The number of carbonyl (C=O) groups is 1. The van der Waals surface area contributed by atoms with E-state index in [1.54, 1.807) is 18.3 Å². The van der Waals surface area contributed by atoms with Gasteiger partial charge in [0.1, 0.15) is 12.1 Å². The Morgan fingerprint density at radius 3 is 2.64 bits per heavy atom. The molecule has 4 rings (SSSR count). The first-order valence-corrected chi connectivity index (χ1v) is 10.6. The van der Waals surface area contributed by atoms with Crippen LogP contribution in [0.5, 0.6) is 5.75 Å². The summed E-state index contributed by atoms with van der Waals surface area (Å²) < 4.78 is 29.8. The summed E-state index contributed by atoms with van der Waals surface area (Å²) in [6.07, 6.45) is 3.42. The number of alkyl halides is 3. The van der Waals surface area contributed by atoms with E-state index in [1.807, 2.05) is 13.0 Å². The number of aromatic nitrogens is 2. The number of aliphatic hydroxyl groups is 1. The van der Waals surface area contributed by atoms with E-state index < -0.39 is 11.7 Å². The van der Waals surface area contributed by atoms with E-state index in [0.717, 1.165) is 22.5 Å². The first kappa shape index (κ1) is 22.9. The highest BCUT2D eigenvalue weighted by molar-refractivity contribution is 6.20. The number of nitrogens with one attached hydrogen (secondary N) is 1. The number of hydrogen-bond acceptors (Lipinski definition) is 6. The van der Waals surface area contributed by atoms with Gasteiger partial charge in [-0.3, -0.25) is 4.79 Å². The summed E-state index contributed by atoms with van der Waals surface area (Å²) in [4.78, 5) is 23.4. The minimum Gasteiger partial charge on any atom is -0.420 e. The molecule has 0 saturated carbocycles. The van der Waals surface area contributed by atoms with Gasteiger partial charge in [0.05, 0.1) is 6.10 Å². The van der Waals surface area contributed by atoms with E-state index >= 15 is 0 Å². The zero-order valence-electron chi connectivity index (χ0n) is 17.6. The Kier molecular flexibility index (Phi) is 6.44. The van der Waals surface area contributed by atoms with Crippen molar-refractivity contribution in [2.45, 2.75) is 25.0 Å². The fourth-order valence-corrected chi connectivity index (χ4v) is 3.82. The molecule has 0 radical (unpaired) electrons. The molecule has 172 valence electrons. The third-order valence-electron chi connectivity index (χ3n) is 5.31. The maximum atomic E-state index is 12.9. The molecule has 0 bridgehead atoms. The molecule has 1 saturated heterocycles. The lowest BCUT2D eigenvalue weighted by Crippen LogP contribution is -2.22. The first-order chi connectivity index (χ1) is 15.7. The minimum absolute atomic E-state index is 0.132. The molecule has 1 unspecified atom stereocenters. The average molecular weight is 475 g/mol. The van der Waals surface area contributed by atoms with E-state index in [2.05, 4.69) is 24.9 Å². The van der Waals surface area contributed by atoms with Crippen LogP contribution in [-0.4, -0.2) is 45.7 Å². The Balaban J connectivity index is 1.61. The van der Waals surface area contributed by atoms with Crippen molar-refractivity contribution in [3.63, 3.8) is 0 Å². The molecule has 7 nitrogen and oxygen atoms in total. The van der Waals surface area contributed by atoms with Gasteiger partial charge < -0.3 is 20.1 Å². The van der Waals surface area contributed by atoms with Crippen molar-refractivity contribution in [2.75, 3.05) is 23.3 Å². The van der Waals surface area contributed by atoms with Gasteiger partial charge in [0.15, 0.2) is 0 Å². The van der Waals surface area contributed by atoms with Gasteiger partial charge in [-0.2, -0.15) is 0 Å². The quantitative estimate of drug-likeness (QED) is 0.513. The fourth-order valence-electron chi connectivity index (χ4n) is 3.73. The number of nitrogens with zero attached hydrogens (tertiary/aromatic N) is 3. The van der Waals surface area contributed by atoms with E-state index in [4.69, 9.17) is 11.6 Å². The van der Waals surface area contributed by atoms with Gasteiger partial charge in [0.25, 0.3) is 5.91 Å². The van der Waals surface area contributed by atoms with Crippen molar-refractivity contribution in [3.05, 3.63) is 66.2 Å². The summed E-state index contributed by atoms with van der Waals surface area (Å²) in [6.45, 7) is 3.06. The van der Waals surface area contributed by atoms with Crippen LogP contribution >= 0.6 is 11.6 Å². The van der Waals surface area contributed by atoms with Gasteiger partial charge in [-0.15, -0.1) is 8.78 Å². The summed E-state index contributed by atoms with van der Waals surface area (Å²) in [7, 11) is 0. The molecule has 0 spiro atoms. The van der Waals surface area contributed by atoms with Crippen LogP contribution in [0.15, 0.2) is 55.0 Å². The predicted octanol–water partition coefficient (Wildman–Crippen LogP) is 4.44. The second-order valence-electron chi connectivity index (χ2n) is 7.67. The lowest BCUT2D eigenvalue weighted by atomic mass is 10.00. The zero-order valence-corrected chi connectivity index (χ0v) is 18.4. The van der Waals surface area contributed by atoms with Crippen molar-refractivity contribution in [1.82, 2.24) is 9.97 Å². The lowest BCUT2D eigenvalue weighted by molar-refractivity contribution is -0.0964. The number of aliphatic hydroxyl groups excluding tert-OH is 1. The summed E-state index contributed by atoms with van der Waals surface area (Å²) >= 11 is 4.76. The topological polar surface area (TPSA) is 87.6 Å². The maximum absolute atomic E-state index is 12.9. The number of amides is 1. The Morgan fingerprint density at radius 2 is 2.00 bits per heavy atom. The zero-order chi connectivity index (χ0) is 23.6. The SMILES string of the molecule is Cc1ncncc1-c1cc(C(=O)Nc2ccc(OC(F)(F)Cl)cc2)ccc1N1CCC(O)C1. The lowest BCUT2D eigenvalue weighted by Gasteiger charge is -2.23. The second kappa shape index (κ2) is 9.29. The normalized spacial score (nSPS) is 16.0. The molecule has 10 heteroatoms. The molecule has 1 amide bonds. The highest BCUT2D eigenvalue weighted by atomic mass is 35.5. The van der Waals surface area contributed by atoms with Crippen LogP contribution in [-0.2, 0) is 0 Å². The Morgan fingerprint density at radius 1 is 1.24 bits per heavy atom. The molecule has 33 heavy (non-hydrogen) atoms. The van der Waals surface area contributed by atoms with Crippen LogP contribution in [0.2, 0.25) is 0 Å². The van der Waals surface area contributed by atoms with Crippen LogP contribution in [0, 0.1) is 6.92 Å². The van der Waals surface area contributed by atoms with Crippen LogP contribution in [0.3, 0.4) is 0 Å². The second-order valence-corrected chi connectivity index (χ2v) is 8.11. The third-order valence-corrected chi connectivity index (χ3v) is 5.39. The number of hydrogen-bond donors (Lipinski definition) is 2. The first-order valence-electron chi connectivity index (χ1n) is 10.2. The number of rotatable bonds is 6. The van der Waals surface area contributed by atoms with Crippen molar-refractivity contribution in [1.29, 1.82) is 0 Å². The van der Waals surface area contributed by atoms with Gasteiger partial charge in [-0.1, -0.05) is 0 Å². The van der Waals surface area contributed by atoms with Gasteiger partial charge in [-0.25, -0.2) is 9.97 Å². The third kappa shape index (κ3) is 5.55. The van der Waals surface area contributed by atoms with E-state index in [9.17, 15) is 18.7 Å². The highest BCUT2D eigenvalue weighted by Crippen LogP contribution is 2.35. The maximum Gasteiger partial charge on any atom is 0.487 e. The van der Waals surface area contributed by atoms with E-state index in [-0.39, 0.29) is 11.7 Å². The molecule has 2 N–H and O–H groups in total. The molecule has 0 aliphatic carbocycles. The Hall–Kier alpha value is -3.30. The number of halogens is 3. The number of ether oxygens (including phenoxy) is 1. The summed E-state index contributed by atoms with van der Waals surface area (Å²) in [6, 6.07) is 10.7. The van der Waals surface area contributed by atoms with Crippen LogP contribution in [0.4, 0.5) is 20.2 Å². The van der Waals surface area contributed by atoms with Crippen molar-refractivity contribution in [2.24, 2.45) is 0 Å². The van der Waals surface area contributed by atoms with Gasteiger partial charge in [0.2, 0.25) is 0 Å². The molecule has 1 aliphatic rings. The van der Waals surface area contributed by atoms with E-state index in [1.165, 1.54) is 30.6 Å². The van der Waals surface area contributed by atoms with Crippen molar-refractivity contribution < 1.29 is 23.4 Å². The van der Waals surface area contributed by atoms with Gasteiger partial charge in [0, 0.05) is 64.6 Å². The van der Waals surface area contributed by atoms with Gasteiger partial charge >= 0.3 is 5.57 Å². The molecular weight excluding hydrogens is 454 g/mol. The van der Waals surface area contributed by atoms with Crippen molar-refractivity contribution in [3.8, 4) is 16.9 Å². The molecule has 1 aliphatic heterocycles. The van der Waals surface area contributed by atoms with Crippen LogP contribution < -0.4 is 15.0 Å². The van der Waals surface area contributed by atoms with Gasteiger partial charge in [-0.05, 0) is 55.8 Å². The minimum atomic E-state index is -3.81. The summed E-state index contributed by atoms with van der Waals surface area (Å²) in [5.74, 6) is -0.512. The molecule has 1 atom stereocenters. The predicted molar refractivity (Wildman–Crippen MR) is 121 cm³/mol. The smallest absolute Gasteiger partial charge is 0.420 e. The number of aryl methyl sites for hydroxylation is 1. The molecule has 3 aromatic rings. The molecule has 2 aromatic carbocycles. The van der Waals surface area contributed by atoms with Crippen LogP contribution in [0.25, 0.3) is 11.1 Å². The molecular formula is C23H21ClF2N4O3. The Labute approximate surface area is 194 Å². The summed E-state index contributed by atoms with van der Waals surface area (Å²) in [5, 5.41) is 12.7. The number of β-amino-alcohol motifs (C(OH)–C–C–N with tert-alkyl or cyclic N) is 1. The molecule has 1 aromatic heterocycles. The number of anilines is 2. The largest absolute Gasteiger partial charge is 0.487 e. The van der Waals surface area contributed by atoms with E-state index in [0.29, 0.717) is 30.8 Å². The standard InChI is InChI=1S/C23H21ClF2N4O3/c1-14-20(11-27-13-28-14)19-10-15(2-7-21(19)30-9-8-17(31)12-30)22(32)29-16-3-5-18(6-4-16)33-23(24,25)26/h2-7,10-11,13,17,31H,8-9,12H2,1H3,(H,29,32). The monoisotopic (exact) mass is 474 g/mol. The van der Waals surface area contributed by atoms with Crippen LogP contribution in [0.1, 0.15) is 22.5 Å². The number of benzene rings is 2. The fraction of sp³-hybridized carbons (Fsp3) is 0.261. The molecule has 2 heterocycles. The van der Waals surface area contributed by atoms with Crippen molar-refractivity contribution >= 4 is 28.9 Å². The number of carbonyl (C=O) groups excluding carboxylic acids is 1. The average Bonchev–Trinajstić information content (AvgIpc) is 3.20.